The van der Waals surface area contributed by atoms with E-state index in [1.165, 1.54) is 0 Å². The summed E-state index contributed by atoms with van der Waals surface area (Å²) in [6.07, 6.45) is -0.662. The zero-order valence-corrected chi connectivity index (χ0v) is 14.0. The molecule has 0 unspecified atom stereocenters. The molecule has 0 bridgehead atoms. The second kappa shape index (κ2) is 7.13. The Morgan fingerprint density at radius 3 is 2.30 bits per heavy atom. The van der Waals surface area contributed by atoms with Gasteiger partial charge in [0.15, 0.2) is 6.10 Å². The quantitative estimate of drug-likeness (QED) is 0.906. The smallest absolute Gasteiger partial charge is 0.332 e. The fourth-order valence-corrected chi connectivity index (χ4v) is 2.79. The molecule has 2 atom stereocenters. The molecule has 126 valence electrons. The number of benzene rings is 1. The Kier molecular flexibility index (Phi) is 5.42. The largest absolute Gasteiger partial charge is 0.479 e. The summed E-state index contributed by atoms with van der Waals surface area (Å²) in [6, 6.07) is 9.80. The Hall–Kier alpha value is -1.88. The summed E-state index contributed by atoms with van der Waals surface area (Å²) in [4.78, 5) is 25.6. The molecule has 0 aromatic heterocycles. The molecule has 1 N–H and O–H groups in total. The monoisotopic (exact) mass is 319 g/mol. The van der Waals surface area contributed by atoms with Crippen molar-refractivity contribution >= 4 is 11.9 Å². The molecule has 0 saturated carbocycles. The maximum Gasteiger partial charge on any atom is 0.332 e. The summed E-state index contributed by atoms with van der Waals surface area (Å²) in [5.41, 5.74) is 1.01. The Morgan fingerprint density at radius 2 is 1.78 bits per heavy atom. The first kappa shape index (κ1) is 17.5. The van der Waals surface area contributed by atoms with Crippen LogP contribution >= 0.6 is 0 Å². The van der Waals surface area contributed by atoms with Crippen LogP contribution in [0.15, 0.2) is 30.3 Å². The third kappa shape index (κ3) is 5.06. The van der Waals surface area contributed by atoms with Crippen LogP contribution in [0.4, 0.5) is 0 Å². The van der Waals surface area contributed by atoms with Crippen molar-refractivity contribution in [1.29, 1.82) is 0 Å². The van der Waals surface area contributed by atoms with Gasteiger partial charge in [-0.15, -0.1) is 0 Å². The number of carboxylic acid groups (broad SMARTS) is 1. The van der Waals surface area contributed by atoms with E-state index >= 15 is 0 Å². The molecule has 1 amide bonds. The maximum absolute atomic E-state index is 12.8. The molecule has 23 heavy (non-hydrogen) atoms. The van der Waals surface area contributed by atoms with Crippen molar-refractivity contribution in [1.82, 2.24) is 4.90 Å². The van der Waals surface area contributed by atoms with Crippen molar-refractivity contribution in [2.24, 2.45) is 5.41 Å². The van der Waals surface area contributed by atoms with Crippen molar-refractivity contribution in [3.63, 3.8) is 0 Å². The fourth-order valence-electron chi connectivity index (χ4n) is 2.79. The first-order valence-electron chi connectivity index (χ1n) is 7.97. The van der Waals surface area contributed by atoms with Gasteiger partial charge in [0, 0.05) is 13.1 Å². The summed E-state index contributed by atoms with van der Waals surface area (Å²) < 4.78 is 5.43. The maximum atomic E-state index is 12.8. The van der Waals surface area contributed by atoms with Gasteiger partial charge >= 0.3 is 5.97 Å². The van der Waals surface area contributed by atoms with E-state index in [0.29, 0.717) is 25.9 Å². The molecule has 1 aliphatic rings. The molecule has 1 aliphatic heterocycles. The predicted octanol–water partition coefficient (Wildman–Crippen LogP) is 2.69. The second-order valence-corrected chi connectivity index (χ2v) is 7.27. The molecule has 2 rings (SSSR count). The highest BCUT2D eigenvalue weighted by molar-refractivity contribution is 5.82. The van der Waals surface area contributed by atoms with Crippen LogP contribution in [0.2, 0.25) is 0 Å². The molecule has 1 aromatic rings. The number of hydrogen-bond acceptors (Lipinski definition) is 3. The van der Waals surface area contributed by atoms with Gasteiger partial charge in [0.2, 0.25) is 0 Å². The van der Waals surface area contributed by atoms with Gasteiger partial charge in [0.25, 0.3) is 5.91 Å². The van der Waals surface area contributed by atoms with Crippen molar-refractivity contribution in [3.8, 4) is 0 Å². The van der Waals surface area contributed by atoms with Crippen LogP contribution in [0, 0.1) is 5.41 Å². The van der Waals surface area contributed by atoms with E-state index in [-0.39, 0.29) is 11.3 Å². The van der Waals surface area contributed by atoms with Gasteiger partial charge < -0.3 is 14.7 Å². The SMILES string of the molecule is CC(C)(C)CN(Cc1ccccc1)C(=O)[C@@H]1CC[C@H](C(=O)O)O1. The van der Waals surface area contributed by atoms with E-state index in [2.05, 4.69) is 20.8 Å². The molecule has 1 saturated heterocycles. The van der Waals surface area contributed by atoms with Crippen molar-refractivity contribution < 1.29 is 19.4 Å². The van der Waals surface area contributed by atoms with Crippen LogP contribution in [0.3, 0.4) is 0 Å². The number of amides is 1. The molecule has 1 aromatic carbocycles. The standard InChI is InChI=1S/C18H25NO4/c1-18(2,3)12-19(11-13-7-5-4-6-8-13)16(20)14-9-10-15(23-14)17(21)22/h4-8,14-15H,9-12H2,1-3H3,(H,21,22)/t14-,15+/m0/s1. The Morgan fingerprint density at radius 1 is 1.17 bits per heavy atom. The number of rotatable bonds is 5. The Labute approximate surface area is 137 Å². The number of carbonyl (C=O) groups is 2. The molecule has 1 fully saturated rings. The molecular formula is C18H25NO4. The molecule has 0 radical (unpaired) electrons. The fraction of sp³-hybridized carbons (Fsp3) is 0.556. The summed E-state index contributed by atoms with van der Waals surface area (Å²) in [6.45, 7) is 7.34. The van der Waals surface area contributed by atoms with Gasteiger partial charge in [0.05, 0.1) is 0 Å². The molecule has 0 aliphatic carbocycles. The van der Waals surface area contributed by atoms with Gasteiger partial charge in [-0.2, -0.15) is 0 Å². The van der Waals surface area contributed by atoms with Crippen molar-refractivity contribution in [3.05, 3.63) is 35.9 Å². The number of carbonyl (C=O) groups excluding carboxylic acids is 1. The van der Waals surface area contributed by atoms with E-state index in [4.69, 9.17) is 9.84 Å². The summed E-state index contributed by atoms with van der Waals surface area (Å²) >= 11 is 0. The van der Waals surface area contributed by atoms with E-state index in [0.717, 1.165) is 5.56 Å². The van der Waals surface area contributed by atoms with Crippen LogP contribution in [0.5, 0.6) is 0 Å². The first-order chi connectivity index (χ1) is 10.8. The Balaban J connectivity index is 2.10. The number of aliphatic carboxylic acids is 1. The lowest BCUT2D eigenvalue weighted by molar-refractivity contribution is -0.155. The van der Waals surface area contributed by atoms with Crippen molar-refractivity contribution in [2.45, 2.75) is 52.4 Å². The summed E-state index contributed by atoms with van der Waals surface area (Å²) in [5.74, 6) is -1.11. The Bertz CT molecular complexity index is 550. The molecule has 1 heterocycles. The average molecular weight is 319 g/mol. The van der Waals surface area contributed by atoms with Crippen LogP contribution in [-0.2, 0) is 20.9 Å². The predicted molar refractivity (Wildman–Crippen MR) is 86.8 cm³/mol. The number of carboxylic acids is 1. The van der Waals surface area contributed by atoms with E-state index in [1.54, 1.807) is 4.90 Å². The van der Waals surface area contributed by atoms with Gasteiger partial charge in [-0.1, -0.05) is 51.1 Å². The second-order valence-electron chi connectivity index (χ2n) is 7.27. The zero-order valence-electron chi connectivity index (χ0n) is 14.0. The normalized spacial score (nSPS) is 21.2. The third-order valence-electron chi connectivity index (χ3n) is 3.76. The summed E-state index contributed by atoms with van der Waals surface area (Å²) in [7, 11) is 0. The summed E-state index contributed by atoms with van der Waals surface area (Å²) in [5, 5.41) is 9.02. The lowest BCUT2D eigenvalue weighted by Gasteiger charge is -2.32. The van der Waals surface area contributed by atoms with Gasteiger partial charge in [-0.05, 0) is 23.8 Å². The van der Waals surface area contributed by atoms with E-state index < -0.39 is 18.2 Å². The van der Waals surface area contributed by atoms with Gasteiger partial charge in [-0.25, -0.2) is 4.79 Å². The van der Waals surface area contributed by atoms with Crippen LogP contribution in [0.1, 0.15) is 39.2 Å². The lowest BCUT2D eigenvalue weighted by atomic mass is 9.95. The number of ether oxygens (including phenoxy) is 1. The van der Waals surface area contributed by atoms with Crippen LogP contribution in [0.25, 0.3) is 0 Å². The zero-order chi connectivity index (χ0) is 17.0. The third-order valence-corrected chi connectivity index (χ3v) is 3.76. The topological polar surface area (TPSA) is 66.8 Å². The highest BCUT2D eigenvalue weighted by atomic mass is 16.5. The number of hydrogen-bond donors (Lipinski definition) is 1. The first-order valence-corrected chi connectivity index (χ1v) is 7.97. The minimum absolute atomic E-state index is 0.0464. The highest BCUT2D eigenvalue weighted by Crippen LogP contribution is 2.25. The van der Waals surface area contributed by atoms with Gasteiger partial charge in [-0.3, -0.25) is 4.79 Å². The molecule has 5 heteroatoms. The van der Waals surface area contributed by atoms with Crippen LogP contribution in [-0.4, -0.2) is 40.6 Å². The number of nitrogens with zero attached hydrogens (tertiary/aromatic N) is 1. The lowest BCUT2D eigenvalue weighted by Crippen LogP contribution is -2.43. The van der Waals surface area contributed by atoms with Crippen LogP contribution < -0.4 is 0 Å². The van der Waals surface area contributed by atoms with E-state index in [9.17, 15) is 9.59 Å². The molecule has 5 nitrogen and oxygen atoms in total. The van der Waals surface area contributed by atoms with Crippen molar-refractivity contribution in [2.75, 3.05) is 6.54 Å². The molecule has 0 spiro atoms. The van der Waals surface area contributed by atoms with Gasteiger partial charge in [0.1, 0.15) is 6.10 Å². The minimum atomic E-state index is -0.995. The average Bonchev–Trinajstić information content (AvgIpc) is 2.95. The van der Waals surface area contributed by atoms with E-state index in [1.807, 2.05) is 30.3 Å². The minimum Gasteiger partial charge on any atom is -0.479 e. The molecular weight excluding hydrogens is 294 g/mol. The highest BCUT2D eigenvalue weighted by Gasteiger charge is 2.37.